The number of hydrogen-bond donors (Lipinski definition) is 0. The largest absolute Gasteiger partial charge is 0.496 e. The fourth-order valence-electron chi connectivity index (χ4n) is 3.56. The van der Waals surface area contributed by atoms with E-state index >= 15 is 0 Å². The summed E-state index contributed by atoms with van der Waals surface area (Å²) in [6.07, 6.45) is 3.30. The third-order valence-corrected chi connectivity index (χ3v) is 6.32. The van der Waals surface area contributed by atoms with Crippen LogP contribution < -0.4 is 9.47 Å². The molecule has 148 valence electrons. The van der Waals surface area contributed by atoms with Crippen LogP contribution in [0.4, 0.5) is 0 Å². The van der Waals surface area contributed by atoms with Crippen LogP contribution in [0, 0.1) is 5.92 Å². The minimum Gasteiger partial charge on any atom is -0.496 e. The van der Waals surface area contributed by atoms with Gasteiger partial charge in [0.15, 0.2) is 14.2 Å². The van der Waals surface area contributed by atoms with Crippen molar-refractivity contribution in [3.05, 3.63) is 23.8 Å². The van der Waals surface area contributed by atoms with Crippen LogP contribution in [0.3, 0.4) is 0 Å². The van der Waals surface area contributed by atoms with Gasteiger partial charge in [-0.25, -0.2) is 0 Å². The van der Waals surface area contributed by atoms with E-state index in [0.29, 0.717) is 19.3 Å². The molecule has 0 heterocycles. The predicted molar refractivity (Wildman–Crippen MR) is 102 cm³/mol. The molecule has 2 rings (SSSR count). The first kappa shape index (κ1) is 21.4. The van der Waals surface area contributed by atoms with Gasteiger partial charge >= 0.3 is 5.97 Å². The number of ketones is 1. The Balaban J connectivity index is 2.61. The molecule has 1 aliphatic carbocycles. The van der Waals surface area contributed by atoms with Crippen molar-refractivity contribution in [3.63, 3.8) is 0 Å². The fourth-order valence-corrected chi connectivity index (χ4v) is 4.29. The molecular formula is C20H27O6P. The molecule has 1 aromatic rings. The molecule has 0 aromatic heterocycles. The maximum atomic E-state index is 13.7. The maximum absolute atomic E-state index is 13.7. The first-order chi connectivity index (χ1) is 13.0. The second-order valence-electron chi connectivity index (χ2n) is 6.83. The molecular weight excluding hydrogens is 367 g/mol. The zero-order chi connectivity index (χ0) is 20.0. The van der Waals surface area contributed by atoms with Crippen molar-refractivity contribution in [1.82, 2.24) is 0 Å². The van der Waals surface area contributed by atoms with Crippen molar-refractivity contribution in [3.8, 4) is 11.5 Å². The smallest absolute Gasteiger partial charge is 0.332 e. The highest BCUT2D eigenvalue weighted by Gasteiger charge is 2.57. The Kier molecular flexibility index (Phi) is 7.37. The normalized spacial score (nSPS) is 17.9. The van der Waals surface area contributed by atoms with Gasteiger partial charge in [0, 0.05) is 0 Å². The quantitative estimate of drug-likeness (QED) is 0.266. The van der Waals surface area contributed by atoms with Gasteiger partial charge < -0.3 is 14.2 Å². The third kappa shape index (κ3) is 4.01. The molecule has 6 nitrogen and oxygen atoms in total. The minimum absolute atomic E-state index is 0.124. The molecule has 7 heteroatoms. The lowest BCUT2D eigenvalue weighted by molar-refractivity contribution is -0.151. The fraction of sp³-hybridized carbons (Fsp3) is 0.600. The van der Waals surface area contributed by atoms with E-state index in [9.17, 15) is 14.2 Å². The standard InChI is InChI=1S/C20H27O6P/c1-5-13(2)26-19(22)20(27-23,14-9-6-7-10-14)18(21)17-15(24-3)11-8-12-16(17)25-4/h8,11-14H,5-7,9-10H2,1-4H3. The van der Waals surface area contributed by atoms with Crippen molar-refractivity contribution < 1.29 is 28.4 Å². The van der Waals surface area contributed by atoms with Crippen LogP contribution >= 0.6 is 8.46 Å². The summed E-state index contributed by atoms with van der Waals surface area (Å²) < 4.78 is 28.6. The average molecular weight is 394 g/mol. The lowest BCUT2D eigenvalue weighted by Crippen LogP contribution is -2.49. The highest BCUT2D eigenvalue weighted by atomic mass is 31.1. The average Bonchev–Trinajstić information content (AvgIpc) is 3.22. The molecule has 1 aliphatic rings. The summed E-state index contributed by atoms with van der Waals surface area (Å²) in [5, 5.41) is -1.79. The van der Waals surface area contributed by atoms with Crippen LogP contribution in [0.15, 0.2) is 18.2 Å². The van der Waals surface area contributed by atoms with E-state index in [1.165, 1.54) is 14.2 Å². The minimum atomic E-state index is -1.79. The van der Waals surface area contributed by atoms with Crippen LogP contribution in [0.5, 0.6) is 11.5 Å². The molecule has 0 amide bonds. The Morgan fingerprint density at radius 3 is 2.19 bits per heavy atom. The highest BCUT2D eigenvalue weighted by molar-refractivity contribution is 7.30. The number of Topliss-reactive ketones (excluding diaryl/α,β-unsaturated/α-hetero) is 1. The zero-order valence-electron chi connectivity index (χ0n) is 16.3. The topological polar surface area (TPSA) is 78.9 Å². The van der Waals surface area contributed by atoms with E-state index in [4.69, 9.17) is 14.2 Å². The Labute approximate surface area is 161 Å². The van der Waals surface area contributed by atoms with Crippen molar-refractivity contribution in [1.29, 1.82) is 0 Å². The van der Waals surface area contributed by atoms with E-state index in [0.717, 1.165) is 12.8 Å². The number of ether oxygens (including phenoxy) is 3. The summed E-state index contributed by atoms with van der Waals surface area (Å²) >= 11 is 0. The van der Waals surface area contributed by atoms with Gasteiger partial charge in [0.05, 0.1) is 20.3 Å². The predicted octanol–water partition coefficient (Wildman–Crippen LogP) is 4.45. The van der Waals surface area contributed by atoms with Crippen LogP contribution in [0.2, 0.25) is 0 Å². The molecule has 0 spiro atoms. The molecule has 0 aliphatic heterocycles. The second kappa shape index (κ2) is 9.32. The van der Waals surface area contributed by atoms with E-state index in [1.54, 1.807) is 25.1 Å². The summed E-state index contributed by atoms with van der Waals surface area (Å²) in [5.41, 5.74) is 0.124. The van der Waals surface area contributed by atoms with Crippen LogP contribution in [0.1, 0.15) is 56.3 Å². The van der Waals surface area contributed by atoms with Gasteiger partial charge in [-0.15, -0.1) is 0 Å². The molecule has 1 aromatic carbocycles. The van der Waals surface area contributed by atoms with Crippen LogP contribution in [0.25, 0.3) is 0 Å². The first-order valence-electron chi connectivity index (χ1n) is 9.27. The van der Waals surface area contributed by atoms with Crippen molar-refractivity contribution in [2.24, 2.45) is 5.92 Å². The Bertz CT molecular complexity index is 675. The number of esters is 1. The molecule has 0 bridgehead atoms. The SMILES string of the molecule is CCC(C)OC(=O)C(P=O)(C(=O)c1c(OC)cccc1OC)C1CCCC1. The number of rotatable bonds is 9. The molecule has 27 heavy (non-hydrogen) atoms. The number of carbonyl (C=O) groups is 2. The lowest BCUT2D eigenvalue weighted by atomic mass is 9.82. The first-order valence-corrected chi connectivity index (χ1v) is 10.1. The van der Waals surface area contributed by atoms with E-state index in [-0.39, 0.29) is 29.1 Å². The number of carbonyl (C=O) groups excluding carboxylic acids is 2. The Hall–Kier alpha value is -1.94. The maximum Gasteiger partial charge on any atom is 0.332 e. The summed E-state index contributed by atoms with van der Waals surface area (Å²) in [6.45, 7) is 3.64. The van der Waals surface area contributed by atoms with Gasteiger partial charge in [-0.05, 0) is 44.2 Å². The highest BCUT2D eigenvalue weighted by Crippen LogP contribution is 2.47. The van der Waals surface area contributed by atoms with Crippen molar-refractivity contribution >= 4 is 20.2 Å². The van der Waals surface area contributed by atoms with Gasteiger partial charge in [-0.3, -0.25) is 14.2 Å². The Morgan fingerprint density at radius 2 is 1.74 bits per heavy atom. The van der Waals surface area contributed by atoms with Gasteiger partial charge in [0.2, 0.25) is 5.16 Å². The molecule has 0 N–H and O–H groups in total. The number of methoxy groups -OCH3 is 2. The lowest BCUT2D eigenvalue weighted by Gasteiger charge is -2.31. The van der Waals surface area contributed by atoms with Gasteiger partial charge in [-0.2, -0.15) is 0 Å². The van der Waals surface area contributed by atoms with Crippen LogP contribution in [-0.4, -0.2) is 37.2 Å². The summed E-state index contributed by atoms with van der Waals surface area (Å²) in [7, 11) is 2.32. The summed E-state index contributed by atoms with van der Waals surface area (Å²) in [6, 6.07) is 4.94. The van der Waals surface area contributed by atoms with E-state index in [1.807, 2.05) is 6.92 Å². The Morgan fingerprint density at radius 1 is 1.19 bits per heavy atom. The summed E-state index contributed by atoms with van der Waals surface area (Å²) in [5.74, 6) is -1.11. The van der Waals surface area contributed by atoms with Crippen molar-refractivity contribution in [2.45, 2.75) is 57.2 Å². The second-order valence-corrected chi connectivity index (χ2v) is 7.72. The van der Waals surface area contributed by atoms with Gasteiger partial charge in [0.1, 0.15) is 17.1 Å². The third-order valence-electron chi connectivity index (χ3n) is 5.29. The van der Waals surface area contributed by atoms with Crippen molar-refractivity contribution in [2.75, 3.05) is 14.2 Å². The molecule has 0 radical (unpaired) electrons. The molecule has 1 fully saturated rings. The zero-order valence-corrected chi connectivity index (χ0v) is 17.2. The molecule has 2 atom stereocenters. The monoisotopic (exact) mass is 394 g/mol. The van der Waals surface area contributed by atoms with E-state index < -0.39 is 25.4 Å². The van der Waals surface area contributed by atoms with E-state index in [2.05, 4.69) is 0 Å². The van der Waals surface area contributed by atoms with Crippen LogP contribution in [-0.2, 0) is 14.1 Å². The van der Waals surface area contributed by atoms with Gasteiger partial charge in [-0.1, -0.05) is 25.8 Å². The molecule has 0 saturated heterocycles. The van der Waals surface area contributed by atoms with Gasteiger partial charge in [0.25, 0.3) is 0 Å². The molecule has 2 unspecified atom stereocenters. The number of benzene rings is 1. The number of hydrogen-bond acceptors (Lipinski definition) is 6. The summed E-state index contributed by atoms with van der Waals surface area (Å²) in [4.78, 5) is 26.8. The molecule has 1 saturated carbocycles.